The third-order valence-corrected chi connectivity index (χ3v) is 3.96. The van der Waals surface area contributed by atoms with Crippen LogP contribution in [0.2, 0.25) is 0 Å². The average Bonchev–Trinajstić information content (AvgIpc) is 2.57. The van der Waals surface area contributed by atoms with E-state index >= 15 is 0 Å². The summed E-state index contributed by atoms with van der Waals surface area (Å²) in [7, 11) is 0. The van der Waals surface area contributed by atoms with Gasteiger partial charge >= 0.3 is 11.6 Å². The summed E-state index contributed by atoms with van der Waals surface area (Å²) in [4.78, 5) is 37.9. The Kier molecular flexibility index (Phi) is 4.85. The Morgan fingerprint density at radius 3 is 2.60 bits per heavy atom. The minimum absolute atomic E-state index is 0.0732. The van der Waals surface area contributed by atoms with Crippen LogP contribution in [-0.2, 0) is 14.3 Å². The summed E-state index contributed by atoms with van der Waals surface area (Å²) in [5.41, 5.74) is -0.628. The zero-order valence-corrected chi connectivity index (χ0v) is 14.1. The molecule has 7 nitrogen and oxygen atoms in total. The molecular formula is C18H19NO6. The second kappa shape index (κ2) is 7.06. The lowest BCUT2D eigenvalue weighted by Gasteiger charge is -2.35. The van der Waals surface area contributed by atoms with Crippen LogP contribution in [0.4, 0.5) is 0 Å². The first-order valence-corrected chi connectivity index (χ1v) is 8.07. The van der Waals surface area contributed by atoms with Gasteiger partial charge in [0.2, 0.25) is 0 Å². The van der Waals surface area contributed by atoms with E-state index in [1.54, 1.807) is 29.2 Å². The van der Waals surface area contributed by atoms with Gasteiger partial charge in [0.15, 0.2) is 6.61 Å². The third-order valence-electron chi connectivity index (χ3n) is 3.96. The number of esters is 1. The summed E-state index contributed by atoms with van der Waals surface area (Å²) in [5, 5.41) is 0.608. The van der Waals surface area contributed by atoms with Gasteiger partial charge in [0, 0.05) is 18.5 Å². The summed E-state index contributed by atoms with van der Waals surface area (Å²) in [5.74, 6) is -1.19. The first-order valence-electron chi connectivity index (χ1n) is 8.07. The van der Waals surface area contributed by atoms with Crippen molar-refractivity contribution in [3.8, 4) is 0 Å². The van der Waals surface area contributed by atoms with Crippen LogP contribution in [0.15, 0.2) is 39.5 Å². The molecule has 0 aliphatic carbocycles. The van der Waals surface area contributed by atoms with Crippen molar-refractivity contribution in [3.05, 3.63) is 46.3 Å². The number of ether oxygens (including phenoxy) is 2. The third kappa shape index (κ3) is 3.88. The standard InChI is InChI=1S/C18H19NO6/c1-11-8-19(9-12(2)24-11)16(20)10-23-17(21)14-7-13-5-3-4-6-15(13)25-18(14)22/h3-7,11-12H,8-10H2,1-2H3/t11-,12-/m1/s1. The molecule has 0 N–H and O–H groups in total. The predicted octanol–water partition coefficient (Wildman–Crippen LogP) is 1.59. The number of hydrogen-bond donors (Lipinski definition) is 0. The normalized spacial score (nSPS) is 20.5. The van der Waals surface area contributed by atoms with Gasteiger partial charge in [-0.3, -0.25) is 4.79 Å². The Bertz CT molecular complexity index is 848. The van der Waals surface area contributed by atoms with Gasteiger partial charge in [0.1, 0.15) is 11.1 Å². The first kappa shape index (κ1) is 17.2. The molecule has 1 aliphatic rings. The van der Waals surface area contributed by atoms with Crippen molar-refractivity contribution in [1.29, 1.82) is 0 Å². The molecule has 0 radical (unpaired) electrons. The molecule has 25 heavy (non-hydrogen) atoms. The van der Waals surface area contributed by atoms with E-state index < -0.39 is 18.2 Å². The highest BCUT2D eigenvalue weighted by molar-refractivity contribution is 5.94. The van der Waals surface area contributed by atoms with E-state index in [1.807, 2.05) is 13.8 Å². The van der Waals surface area contributed by atoms with Crippen LogP contribution in [0.1, 0.15) is 24.2 Å². The Morgan fingerprint density at radius 2 is 1.88 bits per heavy atom. The van der Waals surface area contributed by atoms with Gasteiger partial charge in [-0.1, -0.05) is 18.2 Å². The van der Waals surface area contributed by atoms with E-state index in [4.69, 9.17) is 13.9 Å². The van der Waals surface area contributed by atoms with Gasteiger partial charge in [-0.15, -0.1) is 0 Å². The Balaban J connectivity index is 1.67. The molecule has 1 aromatic carbocycles. The molecule has 2 atom stereocenters. The zero-order valence-electron chi connectivity index (χ0n) is 14.1. The molecule has 0 saturated carbocycles. The molecule has 0 spiro atoms. The fourth-order valence-corrected chi connectivity index (χ4v) is 2.88. The van der Waals surface area contributed by atoms with E-state index in [2.05, 4.69) is 0 Å². The smallest absolute Gasteiger partial charge is 0.351 e. The monoisotopic (exact) mass is 345 g/mol. The van der Waals surface area contributed by atoms with E-state index in [0.29, 0.717) is 24.1 Å². The molecule has 3 rings (SSSR count). The van der Waals surface area contributed by atoms with Crippen molar-refractivity contribution in [2.24, 2.45) is 0 Å². The highest BCUT2D eigenvalue weighted by atomic mass is 16.5. The number of benzene rings is 1. The lowest BCUT2D eigenvalue weighted by molar-refractivity contribution is -0.146. The van der Waals surface area contributed by atoms with E-state index in [1.165, 1.54) is 6.07 Å². The molecule has 1 aromatic heterocycles. The summed E-state index contributed by atoms with van der Waals surface area (Å²) >= 11 is 0. The second-order valence-corrected chi connectivity index (χ2v) is 6.12. The summed E-state index contributed by atoms with van der Waals surface area (Å²) in [6.45, 7) is 4.21. The van der Waals surface area contributed by atoms with Crippen LogP contribution in [0, 0.1) is 0 Å². The van der Waals surface area contributed by atoms with Crippen molar-refractivity contribution < 1.29 is 23.5 Å². The maximum absolute atomic E-state index is 12.2. The zero-order chi connectivity index (χ0) is 18.0. The molecule has 2 aromatic rings. The van der Waals surface area contributed by atoms with Gasteiger partial charge in [-0.2, -0.15) is 0 Å². The number of morpholine rings is 1. The van der Waals surface area contributed by atoms with Crippen molar-refractivity contribution >= 4 is 22.8 Å². The van der Waals surface area contributed by atoms with Crippen LogP contribution in [-0.4, -0.2) is 48.7 Å². The van der Waals surface area contributed by atoms with Gasteiger partial charge in [-0.05, 0) is 26.0 Å². The van der Waals surface area contributed by atoms with Crippen molar-refractivity contribution in [3.63, 3.8) is 0 Å². The second-order valence-electron chi connectivity index (χ2n) is 6.12. The number of nitrogens with zero attached hydrogens (tertiary/aromatic N) is 1. The molecule has 2 heterocycles. The number of para-hydroxylation sites is 1. The predicted molar refractivity (Wildman–Crippen MR) is 89.4 cm³/mol. The summed E-state index contributed by atoms with van der Waals surface area (Å²) in [6.07, 6.45) is -0.146. The van der Waals surface area contributed by atoms with Crippen LogP contribution >= 0.6 is 0 Å². The van der Waals surface area contributed by atoms with Gasteiger partial charge < -0.3 is 18.8 Å². The number of fused-ring (bicyclic) bond motifs is 1. The topological polar surface area (TPSA) is 86.0 Å². The molecular weight excluding hydrogens is 326 g/mol. The Morgan fingerprint density at radius 1 is 1.20 bits per heavy atom. The summed E-state index contributed by atoms with van der Waals surface area (Å²) < 4.78 is 15.7. The molecule has 1 amide bonds. The number of hydrogen-bond acceptors (Lipinski definition) is 6. The Hall–Kier alpha value is -2.67. The molecule has 1 saturated heterocycles. The fraction of sp³-hybridized carbons (Fsp3) is 0.389. The number of carbonyl (C=O) groups is 2. The van der Waals surface area contributed by atoms with Crippen LogP contribution in [0.5, 0.6) is 0 Å². The number of rotatable bonds is 3. The van der Waals surface area contributed by atoms with Gasteiger partial charge in [-0.25, -0.2) is 9.59 Å². The van der Waals surface area contributed by atoms with Crippen molar-refractivity contribution in [2.75, 3.05) is 19.7 Å². The maximum Gasteiger partial charge on any atom is 0.351 e. The lowest BCUT2D eigenvalue weighted by atomic mass is 10.2. The largest absolute Gasteiger partial charge is 0.452 e. The van der Waals surface area contributed by atoms with E-state index in [9.17, 15) is 14.4 Å². The molecule has 1 aliphatic heterocycles. The quantitative estimate of drug-likeness (QED) is 0.620. The lowest BCUT2D eigenvalue weighted by Crippen LogP contribution is -2.49. The van der Waals surface area contributed by atoms with E-state index in [-0.39, 0.29) is 23.7 Å². The molecule has 0 bridgehead atoms. The maximum atomic E-state index is 12.2. The van der Waals surface area contributed by atoms with Crippen molar-refractivity contribution in [2.45, 2.75) is 26.1 Å². The summed E-state index contributed by atoms with van der Waals surface area (Å²) in [6, 6.07) is 8.26. The first-order chi connectivity index (χ1) is 11.9. The average molecular weight is 345 g/mol. The Labute approximate surface area is 144 Å². The minimum atomic E-state index is -0.873. The SMILES string of the molecule is C[C@@H]1CN(C(=O)COC(=O)c2cc3ccccc3oc2=O)C[C@@H](C)O1. The number of carbonyl (C=O) groups excluding carboxylic acids is 2. The van der Waals surface area contributed by atoms with Crippen LogP contribution < -0.4 is 5.63 Å². The number of amides is 1. The van der Waals surface area contributed by atoms with Crippen LogP contribution in [0.3, 0.4) is 0 Å². The minimum Gasteiger partial charge on any atom is -0.452 e. The highest BCUT2D eigenvalue weighted by Crippen LogP contribution is 2.14. The van der Waals surface area contributed by atoms with Crippen molar-refractivity contribution in [1.82, 2.24) is 4.90 Å². The fourth-order valence-electron chi connectivity index (χ4n) is 2.88. The van der Waals surface area contributed by atoms with Gasteiger partial charge in [0.05, 0.1) is 12.2 Å². The highest BCUT2D eigenvalue weighted by Gasteiger charge is 2.27. The molecule has 7 heteroatoms. The molecule has 1 fully saturated rings. The van der Waals surface area contributed by atoms with Gasteiger partial charge in [0.25, 0.3) is 5.91 Å². The molecule has 0 unspecified atom stereocenters. The molecule has 132 valence electrons. The van der Waals surface area contributed by atoms with E-state index in [0.717, 1.165) is 0 Å². The van der Waals surface area contributed by atoms with Crippen LogP contribution in [0.25, 0.3) is 11.0 Å².